The third-order valence-corrected chi connectivity index (χ3v) is 4.99. The van der Waals surface area contributed by atoms with Crippen molar-refractivity contribution in [3.63, 3.8) is 0 Å². The lowest BCUT2D eigenvalue weighted by Gasteiger charge is -2.19. The highest BCUT2D eigenvalue weighted by Crippen LogP contribution is 2.43. The molecular weight excluding hydrogens is 368 g/mol. The summed E-state index contributed by atoms with van der Waals surface area (Å²) < 4.78 is 15.8. The number of ether oxygens (including phenoxy) is 3. The van der Waals surface area contributed by atoms with Crippen LogP contribution in [0.3, 0.4) is 0 Å². The van der Waals surface area contributed by atoms with E-state index in [1.807, 2.05) is 23.6 Å². The standard InChI is InChI=1S/C18H12N4O4S/c1-24-12-8-13(25-2)22-17(21-12)18(9-19)15-14(16(23)26-18)10(5-6-20-15)11-4-3-7-27-11/h3-8H,1-2H3. The molecular formula is C18H12N4O4S. The number of methoxy groups -OCH3 is 2. The number of hydrogen-bond acceptors (Lipinski definition) is 9. The van der Waals surface area contributed by atoms with Gasteiger partial charge in [-0.3, -0.25) is 4.98 Å². The number of pyridine rings is 1. The van der Waals surface area contributed by atoms with E-state index in [1.165, 1.54) is 37.8 Å². The quantitative estimate of drug-likeness (QED) is 0.636. The van der Waals surface area contributed by atoms with Gasteiger partial charge in [0.2, 0.25) is 17.6 Å². The van der Waals surface area contributed by atoms with E-state index in [-0.39, 0.29) is 28.8 Å². The van der Waals surface area contributed by atoms with Crippen molar-refractivity contribution in [2.75, 3.05) is 14.2 Å². The topological polar surface area (TPSA) is 107 Å². The molecule has 1 atom stereocenters. The van der Waals surface area contributed by atoms with Crippen molar-refractivity contribution in [1.82, 2.24) is 15.0 Å². The van der Waals surface area contributed by atoms with Crippen LogP contribution in [-0.2, 0) is 10.3 Å². The van der Waals surface area contributed by atoms with E-state index in [2.05, 4.69) is 15.0 Å². The minimum absolute atomic E-state index is 0.0795. The maximum absolute atomic E-state index is 12.7. The fourth-order valence-electron chi connectivity index (χ4n) is 2.86. The zero-order valence-electron chi connectivity index (χ0n) is 14.3. The summed E-state index contributed by atoms with van der Waals surface area (Å²) in [6.07, 6.45) is 1.53. The van der Waals surface area contributed by atoms with Crippen LogP contribution in [0.1, 0.15) is 21.9 Å². The predicted octanol–water partition coefficient (Wildman–Crippen LogP) is 2.55. The summed E-state index contributed by atoms with van der Waals surface area (Å²) in [5.41, 5.74) is -0.864. The van der Waals surface area contributed by atoms with Crippen molar-refractivity contribution in [2.24, 2.45) is 0 Å². The average molecular weight is 380 g/mol. The molecule has 0 radical (unpaired) electrons. The van der Waals surface area contributed by atoms with Gasteiger partial charge in [0.1, 0.15) is 11.8 Å². The van der Waals surface area contributed by atoms with Gasteiger partial charge in [0.05, 0.1) is 25.8 Å². The van der Waals surface area contributed by atoms with E-state index in [0.29, 0.717) is 5.56 Å². The van der Waals surface area contributed by atoms with Crippen molar-refractivity contribution >= 4 is 17.3 Å². The van der Waals surface area contributed by atoms with Gasteiger partial charge in [-0.05, 0) is 17.5 Å². The first-order valence-electron chi connectivity index (χ1n) is 7.78. The number of rotatable bonds is 4. The van der Waals surface area contributed by atoms with Gasteiger partial charge in [0.15, 0.2) is 0 Å². The lowest BCUT2D eigenvalue weighted by atomic mass is 9.95. The van der Waals surface area contributed by atoms with E-state index in [4.69, 9.17) is 14.2 Å². The number of hydrogen-bond donors (Lipinski definition) is 0. The summed E-state index contributed by atoms with van der Waals surface area (Å²) in [6, 6.07) is 8.95. The number of nitriles is 1. The highest BCUT2D eigenvalue weighted by molar-refractivity contribution is 7.13. The molecule has 1 unspecified atom stereocenters. The maximum Gasteiger partial charge on any atom is 0.343 e. The third kappa shape index (κ3) is 2.50. The summed E-state index contributed by atoms with van der Waals surface area (Å²) in [5.74, 6) is -0.395. The van der Waals surface area contributed by atoms with Crippen LogP contribution in [0.4, 0.5) is 0 Å². The van der Waals surface area contributed by atoms with Crippen molar-refractivity contribution in [2.45, 2.75) is 5.60 Å². The number of carbonyl (C=O) groups excluding carboxylic acids is 1. The monoisotopic (exact) mass is 380 g/mol. The van der Waals surface area contributed by atoms with Crippen LogP contribution in [0, 0.1) is 11.3 Å². The second kappa shape index (κ2) is 6.34. The lowest BCUT2D eigenvalue weighted by molar-refractivity contribution is 0.0261. The van der Waals surface area contributed by atoms with Gasteiger partial charge >= 0.3 is 5.97 Å². The normalized spacial score (nSPS) is 17.7. The van der Waals surface area contributed by atoms with Crippen molar-refractivity contribution in [3.8, 4) is 28.3 Å². The van der Waals surface area contributed by atoms with E-state index in [9.17, 15) is 10.1 Å². The first-order valence-corrected chi connectivity index (χ1v) is 8.66. The molecule has 0 aliphatic carbocycles. The van der Waals surface area contributed by atoms with Gasteiger partial charge in [0, 0.05) is 16.6 Å². The van der Waals surface area contributed by atoms with Crippen LogP contribution in [0.2, 0.25) is 0 Å². The molecule has 1 aliphatic rings. The van der Waals surface area contributed by atoms with Gasteiger partial charge in [-0.1, -0.05) is 6.07 Å². The first-order chi connectivity index (χ1) is 13.1. The van der Waals surface area contributed by atoms with Gasteiger partial charge < -0.3 is 14.2 Å². The highest BCUT2D eigenvalue weighted by Gasteiger charge is 2.53. The summed E-state index contributed by atoms with van der Waals surface area (Å²) >= 11 is 1.47. The van der Waals surface area contributed by atoms with E-state index >= 15 is 0 Å². The molecule has 0 amide bonds. The number of nitrogens with zero attached hydrogens (tertiary/aromatic N) is 4. The van der Waals surface area contributed by atoms with Gasteiger partial charge in [-0.2, -0.15) is 15.2 Å². The average Bonchev–Trinajstić information content (AvgIpc) is 3.34. The van der Waals surface area contributed by atoms with Crippen molar-refractivity contribution in [3.05, 3.63) is 52.9 Å². The molecule has 0 N–H and O–H groups in total. The molecule has 0 aromatic carbocycles. The number of carbonyl (C=O) groups is 1. The minimum atomic E-state index is -1.89. The van der Waals surface area contributed by atoms with Crippen LogP contribution >= 0.6 is 11.3 Å². The minimum Gasteiger partial charge on any atom is -0.481 e. The number of esters is 1. The van der Waals surface area contributed by atoms with E-state index < -0.39 is 11.6 Å². The van der Waals surface area contributed by atoms with Crippen LogP contribution in [-0.4, -0.2) is 35.1 Å². The number of fused-ring (bicyclic) bond motifs is 1. The Bertz CT molecular complexity index is 1060. The Labute approximate surface area is 158 Å². The molecule has 9 heteroatoms. The highest BCUT2D eigenvalue weighted by atomic mass is 32.1. The second-order valence-corrected chi connectivity index (χ2v) is 6.47. The SMILES string of the molecule is COc1cc(OC)nc(C2(C#N)OC(=O)c3c(-c4cccs4)ccnc32)n1. The molecule has 0 fully saturated rings. The molecule has 3 aromatic rings. The van der Waals surface area contributed by atoms with Crippen molar-refractivity contribution < 1.29 is 19.0 Å². The van der Waals surface area contributed by atoms with Crippen LogP contribution in [0.15, 0.2) is 35.8 Å². The van der Waals surface area contributed by atoms with Crippen LogP contribution in [0.25, 0.3) is 10.4 Å². The molecule has 27 heavy (non-hydrogen) atoms. The zero-order chi connectivity index (χ0) is 19.0. The molecule has 0 bridgehead atoms. The largest absolute Gasteiger partial charge is 0.481 e. The Hall–Kier alpha value is -3.51. The molecule has 4 heterocycles. The Morgan fingerprint density at radius 3 is 2.56 bits per heavy atom. The first kappa shape index (κ1) is 16.9. The smallest absolute Gasteiger partial charge is 0.343 e. The fraction of sp³-hybridized carbons (Fsp3) is 0.167. The molecule has 1 aliphatic heterocycles. The molecule has 3 aromatic heterocycles. The Morgan fingerprint density at radius 1 is 1.22 bits per heavy atom. The molecule has 0 saturated carbocycles. The van der Waals surface area contributed by atoms with E-state index in [0.717, 1.165) is 4.88 Å². The lowest BCUT2D eigenvalue weighted by Crippen LogP contribution is -2.29. The number of thiophene rings is 1. The summed E-state index contributed by atoms with van der Waals surface area (Å²) in [7, 11) is 2.85. The van der Waals surface area contributed by atoms with Gasteiger partial charge in [-0.25, -0.2) is 4.79 Å². The summed E-state index contributed by atoms with van der Waals surface area (Å²) in [5, 5.41) is 11.9. The number of cyclic esters (lactones) is 1. The fourth-order valence-corrected chi connectivity index (χ4v) is 3.62. The molecule has 0 spiro atoms. The Morgan fingerprint density at radius 2 is 1.96 bits per heavy atom. The molecule has 134 valence electrons. The second-order valence-electron chi connectivity index (χ2n) is 5.52. The molecule has 8 nitrogen and oxygen atoms in total. The van der Waals surface area contributed by atoms with Crippen LogP contribution < -0.4 is 9.47 Å². The Balaban J connectivity index is 1.98. The van der Waals surface area contributed by atoms with Crippen LogP contribution in [0.5, 0.6) is 11.8 Å². The van der Waals surface area contributed by atoms with Gasteiger partial charge in [0.25, 0.3) is 5.60 Å². The Kier molecular flexibility index (Phi) is 3.97. The maximum atomic E-state index is 12.7. The van der Waals surface area contributed by atoms with E-state index in [1.54, 1.807) is 6.07 Å². The molecule has 4 rings (SSSR count). The third-order valence-electron chi connectivity index (χ3n) is 4.09. The summed E-state index contributed by atoms with van der Waals surface area (Å²) in [6.45, 7) is 0. The summed E-state index contributed by atoms with van der Waals surface area (Å²) in [4.78, 5) is 26.2. The zero-order valence-corrected chi connectivity index (χ0v) is 15.1. The molecule has 0 saturated heterocycles. The predicted molar refractivity (Wildman–Crippen MR) is 94.5 cm³/mol. The number of aromatic nitrogens is 3. The van der Waals surface area contributed by atoms with Crippen molar-refractivity contribution in [1.29, 1.82) is 5.26 Å². The van der Waals surface area contributed by atoms with Gasteiger partial charge in [-0.15, -0.1) is 11.3 Å².